The number of carbonyl (C=O) groups excluding carboxylic acids is 1. The van der Waals surface area contributed by atoms with E-state index in [0.29, 0.717) is 24.7 Å². The molecule has 1 aromatic heterocycles. The predicted octanol–water partition coefficient (Wildman–Crippen LogP) is 3.33. The van der Waals surface area contributed by atoms with Gasteiger partial charge in [0.05, 0.1) is 28.6 Å². The van der Waals surface area contributed by atoms with Crippen molar-refractivity contribution in [3.63, 3.8) is 0 Å². The number of pyridine rings is 1. The molecule has 2 heterocycles. The van der Waals surface area contributed by atoms with Gasteiger partial charge in [0.1, 0.15) is 6.17 Å². The van der Waals surface area contributed by atoms with Crippen LogP contribution in [0.2, 0.25) is 5.02 Å². The highest BCUT2D eigenvalue weighted by Crippen LogP contribution is 2.42. The van der Waals surface area contributed by atoms with E-state index < -0.39 is 0 Å². The maximum Gasteiger partial charge on any atom is 0.210 e. The predicted molar refractivity (Wildman–Crippen MR) is 114 cm³/mol. The van der Waals surface area contributed by atoms with Crippen LogP contribution in [-0.4, -0.2) is 41.6 Å². The summed E-state index contributed by atoms with van der Waals surface area (Å²) in [6.07, 6.45) is 5.07. The Labute approximate surface area is 171 Å². The Hall–Kier alpha value is -2.31. The van der Waals surface area contributed by atoms with Crippen LogP contribution in [0.1, 0.15) is 25.8 Å². The van der Waals surface area contributed by atoms with E-state index in [9.17, 15) is 4.79 Å². The summed E-state index contributed by atoms with van der Waals surface area (Å²) in [5.41, 5.74) is 8.69. The fourth-order valence-corrected chi connectivity index (χ4v) is 4.08. The minimum atomic E-state index is -0.111. The van der Waals surface area contributed by atoms with E-state index in [1.807, 2.05) is 29.3 Å². The molecule has 0 saturated carbocycles. The Kier molecular flexibility index (Phi) is 6.75. The lowest BCUT2D eigenvalue weighted by molar-refractivity contribution is -0.121. The summed E-state index contributed by atoms with van der Waals surface area (Å²) < 4.78 is 0. The smallest absolute Gasteiger partial charge is 0.210 e. The molecule has 2 unspecified atom stereocenters. The standard InChI is InChI=1S/C21H28ClN5O/c1-15(2)20(26(14-28)10-6-9-23)21-25-19-17(22)11-24-12-18(19)27(21)13-16-7-4-3-5-8-16/h3-5,7-8,11-12,14-15,20-21,25H,6,9-10,13,23H2,1-2H3. The molecular formula is C21H28ClN5O. The van der Waals surface area contributed by atoms with Crippen LogP contribution < -0.4 is 16.0 Å². The molecule has 3 N–H and O–H groups in total. The first kappa shape index (κ1) is 20.4. The topological polar surface area (TPSA) is 74.5 Å². The molecule has 0 radical (unpaired) electrons. The van der Waals surface area contributed by atoms with Crippen molar-refractivity contribution in [2.75, 3.05) is 23.3 Å². The van der Waals surface area contributed by atoms with Crippen LogP contribution in [0.15, 0.2) is 42.7 Å². The number of anilines is 2. The number of halogens is 1. The Balaban J connectivity index is 1.98. The van der Waals surface area contributed by atoms with Crippen molar-refractivity contribution in [2.45, 2.75) is 39.0 Å². The zero-order valence-electron chi connectivity index (χ0n) is 16.4. The van der Waals surface area contributed by atoms with E-state index in [4.69, 9.17) is 17.3 Å². The van der Waals surface area contributed by atoms with Gasteiger partial charge in [-0.2, -0.15) is 0 Å². The molecule has 1 aliphatic heterocycles. The first-order valence-corrected chi connectivity index (χ1v) is 10.1. The monoisotopic (exact) mass is 401 g/mol. The fraction of sp³-hybridized carbons (Fsp3) is 0.429. The number of amides is 1. The van der Waals surface area contributed by atoms with Crippen LogP contribution in [0.3, 0.4) is 0 Å². The maximum absolute atomic E-state index is 11.9. The lowest BCUT2D eigenvalue weighted by Crippen LogP contribution is -2.55. The van der Waals surface area contributed by atoms with Gasteiger partial charge in [-0.3, -0.25) is 9.78 Å². The van der Waals surface area contributed by atoms with Gasteiger partial charge in [-0.25, -0.2) is 0 Å². The van der Waals surface area contributed by atoms with Crippen molar-refractivity contribution in [3.05, 3.63) is 53.3 Å². The molecule has 2 atom stereocenters. The van der Waals surface area contributed by atoms with Crippen molar-refractivity contribution in [1.82, 2.24) is 9.88 Å². The number of nitrogens with two attached hydrogens (primary N) is 1. The molecule has 0 saturated heterocycles. The number of fused-ring (bicyclic) bond motifs is 1. The molecule has 0 bridgehead atoms. The molecule has 0 fully saturated rings. The third kappa shape index (κ3) is 4.23. The Bertz CT molecular complexity index is 786. The number of hydrogen-bond donors (Lipinski definition) is 2. The van der Waals surface area contributed by atoms with Gasteiger partial charge in [-0.1, -0.05) is 55.8 Å². The quantitative estimate of drug-likeness (QED) is 0.630. The van der Waals surface area contributed by atoms with Gasteiger partial charge in [0.25, 0.3) is 0 Å². The fourth-order valence-electron chi connectivity index (χ4n) is 3.87. The summed E-state index contributed by atoms with van der Waals surface area (Å²) >= 11 is 6.43. The second-order valence-corrected chi connectivity index (χ2v) is 7.85. The molecule has 3 rings (SSSR count). The highest BCUT2D eigenvalue weighted by molar-refractivity contribution is 6.34. The number of nitrogens with one attached hydrogen (secondary N) is 1. The third-order valence-electron chi connectivity index (χ3n) is 5.16. The molecule has 7 heteroatoms. The molecule has 2 aromatic rings. The van der Waals surface area contributed by atoms with Crippen LogP contribution >= 0.6 is 11.6 Å². The third-order valence-corrected chi connectivity index (χ3v) is 5.44. The minimum absolute atomic E-state index is 0.0452. The first-order chi connectivity index (χ1) is 13.6. The minimum Gasteiger partial charge on any atom is -0.360 e. The summed E-state index contributed by atoms with van der Waals surface area (Å²) in [7, 11) is 0. The number of carbonyl (C=O) groups is 1. The molecule has 1 amide bonds. The van der Waals surface area contributed by atoms with E-state index in [1.165, 1.54) is 5.56 Å². The highest BCUT2D eigenvalue weighted by atomic mass is 35.5. The number of rotatable bonds is 9. The van der Waals surface area contributed by atoms with Crippen LogP contribution in [0.5, 0.6) is 0 Å². The maximum atomic E-state index is 11.9. The van der Waals surface area contributed by atoms with Gasteiger partial charge in [-0.05, 0) is 24.4 Å². The SMILES string of the molecule is CC(C)C(C1Nc2c(Cl)cncc2N1Cc1ccccc1)N(C=O)CCCN. The van der Waals surface area contributed by atoms with Crippen molar-refractivity contribution in [2.24, 2.45) is 11.7 Å². The zero-order valence-corrected chi connectivity index (χ0v) is 17.1. The summed E-state index contributed by atoms with van der Waals surface area (Å²) in [5.74, 6) is 0.236. The Morgan fingerprint density at radius 2 is 2.07 bits per heavy atom. The van der Waals surface area contributed by atoms with Gasteiger partial charge < -0.3 is 20.9 Å². The van der Waals surface area contributed by atoms with Crippen LogP contribution in [0.25, 0.3) is 0 Å². The van der Waals surface area contributed by atoms with E-state index in [1.54, 1.807) is 6.20 Å². The lowest BCUT2D eigenvalue weighted by atomic mass is 9.98. The Morgan fingerprint density at radius 1 is 1.32 bits per heavy atom. The Morgan fingerprint density at radius 3 is 2.71 bits per heavy atom. The van der Waals surface area contributed by atoms with E-state index in [-0.39, 0.29) is 18.1 Å². The van der Waals surface area contributed by atoms with E-state index in [2.05, 4.69) is 41.2 Å². The molecule has 28 heavy (non-hydrogen) atoms. The first-order valence-electron chi connectivity index (χ1n) is 9.68. The van der Waals surface area contributed by atoms with Gasteiger partial charge in [-0.15, -0.1) is 0 Å². The normalized spacial score (nSPS) is 16.6. The van der Waals surface area contributed by atoms with Crippen LogP contribution in [0, 0.1) is 5.92 Å². The van der Waals surface area contributed by atoms with Crippen molar-refractivity contribution >= 4 is 29.4 Å². The molecule has 150 valence electrons. The number of benzene rings is 1. The molecule has 1 aliphatic rings. The summed E-state index contributed by atoms with van der Waals surface area (Å²) in [6, 6.07) is 10.2. The van der Waals surface area contributed by atoms with Crippen LogP contribution in [-0.2, 0) is 11.3 Å². The average molecular weight is 402 g/mol. The molecule has 0 spiro atoms. The van der Waals surface area contributed by atoms with Crippen molar-refractivity contribution in [3.8, 4) is 0 Å². The largest absolute Gasteiger partial charge is 0.360 e. The zero-order chi connectivity index (χ0) is 20.1. The number of hydrogen-bond acceptors (Lipinski definition) is 5. The lowest BCUT2D eigenvalue weighted by Gasteiger charge is -2.40. The van der Waals surface area contributed by atoms with Gasteiger partial charge in [0.15, 0.2) is 0 Å². The molecule has 0 aliphatic carbocycles. The summed E-state index contributed by atoms with van der Waals surface area (Å²) in [4.78, 5) is 20.3. The summed E-state index contributed by atoms with van der Waals surface area (Å²) in [6.45, 7) is 6.14. The van der Waals surface area contributed by atoms with Gasteiger partial charge in [0.2, 0.25) is 6.41 Å². The number of nitrogens with zero attached hydrogens (tertiary/aromatic N) is 3. The van der Waals surface area contributed by atoms with Crippen LogP contribution in [0.4, 0.5) is 11.4 Å². The van der Waals surface area contributed by atoms with Crippen molar-refractivity contribution < 1.29 is 4.79 Å². The number of aromatic nitrogens is 1. The van der Waals surface area contributed by atoms with Crippen molar-refractivity contribution in [1.29, 1.82) is 0 Å². The second kappa shape index (κ2) is 9.26. The molecular weight excluding hydrogens is 374 g/mol. The highest BCUT2D eigenvalue weighted by Gasteiger charge is 2.40. The molecule has 1 aromatic carbocycles. The van der Waals surface area contributed by atoms with Gasteiger partial charge in [0, 0.05) is 19.3 Å². The second-order valence-electron chi connectivity index (χ2n) is 7.44. The average Bonchev–Trinajstić information content (AvgIpc) is 3.05. The summed E-state index contributed by atoms with van der Waals surface area (Å²) in [5, 5.41) is 4.15. The van der Waals surface area contributed by atoms with E-state index in [0.717, 1.165) is 24.2 Å². The van der Waals surface area contributed by atoms with Gasteiger partial charge >= 0.3 is 0 Å². The molecule has 6 nitrogen and oxygen atoms in total. The van der Waals surface area contributed by atoms with E-state index >= 15 is 0 Å².